The summed E-state index contributed by atoms with van der Waals surface area (Å²) in [5.41, 5.74) is 0.534. The third kappa shape index (κ3) is 3.47. The minimum absolute atomic E-state index is 0.0657. The van der Waals surface area contributed by atoms with Crippen molar-refractivity contribution in [1.82, 2.24) is 10.2 Å². The van der Waals surface area contributed by atoms with Gasteiger partial charge in [-0.15, -0.1) is 0 Å². The molecule has 0 aromatic heterocycles. The summed E-state index contributed by atoms with van der Waals surface area (Å²) in [4.78, 5) is 37.3. The van der Waals surface area contributed by atoms with Crippen molar-refractivity contribution in [3.8, 4) is 0 Å². The predicted octanol–water partition coefficient (Wildman–Crippen LogP) is 2.49. The topological polar surface area (TPSA) is 66.5 Å². The highest BCUT2D eigenvalue weighted by molar-refractivity contribution is 6.37. The zero-order valence-electron chi connectivity index (χ0n) is 12.7. The van der Waals surface area contributed by atoms with Crippen LogP contribution in [0, 0.1) is 5.92 Å². The van der Waals surface area contributed by atoms with Crippen molar-refractivity contribution < 1.29 is 14.4 Å². The average Bonchev–Trinajstić information content (AvgIpc) is 2.69. The number of rotatable bonds is 6. The highest BCUT2D eigenvalue weighted by Crippen LogP contribution is 2.28. The standard InChI is InChI=1S/C16H19ClN2O3/c1-10(2)6-8-18-13(20)7-9-19-15(21)11-4-3-5-12(17)14(11)16(19)22/h3-5,10H,6-9H2,1-2H3,(H,18,20). The second kappa shape index (κ2) is 6.92. The van der Waals surface area contributed by atoms with E-state index in [-0.39, 0.29) is 29.5 Å². The second-order valence-corrected chi connectivity index (χ2v) is 6.11. The van der Waals surface area contributed by atoms with E-state index >= 15 is 0 Å². The van der Waals surface area contributed by atoms with Gasteiger partial charge in [-0.1, -0.05) is 31.5 Å². The number of nitrogens with zero attached hydrogens (tertiary/aromatic N) is 1. The minimum atomic E-state index is -0.430. The second-order valence-electron chi connectivity index (χ2n) is 5.71. The molecule has 0 saturated carbocycles. The number of halogens is 1. The van der Waals surface area contributed by atoms with Gasteiger partial charge >= 0.3 is 0 Å². The van der Waals surface area contributed by atoms with Crippen LogP contribution in [0.4, 0.5) is 0 Å². The molecule has 0 saturated heterocycles. The van der Waals surface area contributed by atoms with Crippen LogP contribution in [0.3, 0.4) is 0 Å². The maximum atomic E-state index is 12.2. The molecular formula is C16H19ClN2O3. The molecule has 0 unspecified atom stereocenters. The van der Waals surface area contributed by atoms with E-state index in [2.05, 4.69) is 19.2 Å². The lowest BCUT2D eigenvalue weighted by molar-refractivity contribution is -0.121. The van der Waals surface area contributed by atoms with Gasteiger partial charge in [0.2, 0.25) is 5.91 Å². The molecule has 0 aliphatic carbocycles. The van der Waals surface area contributed by atoms with Crippen molar-refractivity contribution in [2.45, 2.75) is 26.7 Å². The molecule has 0 radical (unpaired) electrons. The Bertz CT molecular complexity index is 613. The summed E-state index contributed by atoms with van der Waals surface area (Å²) >= 11 is 5.98. The van der Waals surface area contributed by atoms with Gasteiger partial charge < -0.3 is 5.32 Å². The fourth-order valence-corrected chi connectivity index (χ4v) is 2.55. The molecule has 1 heterocycles. The van der Waals surface area contributed by atoms with E-state index in [4.69, 9.17) is 11.6 Å². The summed E-state index contributed by atoms with van der Waals surface area (Å²) in [5, 5.41) is 3.05. The van der Waals surface area contributed by atoms with Crippen LogP contribution in [0.25, 0.3) is 0 Å². The lowest BCUT2D eigenvalue weighted by atomic mass is 10.1. The van der Waals surface area contributed by atoms with E-state index in [1.54, 1.807) is 18.2 Å². The van der Waals surface area contributed by atoms with Crippen LogP contribution in [-0.2, 0) is 4.79 Å². The predicted molar refractivity (Wildman–Crippen MR) is 83.9 cm³/mol. The number of fused-ring (bicyclic) bond motifs is 1. The number of carbonyl (C=O) groups excluding carboxylic acids is 3. The van der Waals surface area contributed by atoms with Crippen molar-refractivity contribution in [1.29, 1.82) is 0 Å². The summed E-state index contributed by atoms with van der Waals surface area (Å²) in [6, 6.07) is 4.78. The maximum Gasteiger partial charge on any atom is 0.263 e. The molecule has 1 aromatic carbocycles. The van der Waals surface area contributed by atoms with E-state index < -0.39 is 11.8 Å². The van der Waals surface area contributed by atoms with Crippen molar-refractivity contribution in [3.05, 3.63) is 34.3 Å². The van der Waals surface area contributed by atoms with E-state index in [9.17, 15) is 14.4 Å². The van der Waals surface area contributed by atoms with Gasteiger partial charge in [-0.3, -0.25) is 19.3 Å². The van der Waals surface area contributed by atoms with Crippen LogP contribution in [-0.4, -0.2) is 35.7 Å². The Hall–Kier alpha value is -1.88. The first kappa shape index (κ1) is 16.5. The monoisotopic (exact) mass is 322 g/mol. The molecule has 1 aliphatic rings. The Morgan fingerprint density at radius 2 is 2.00 bits per heavy atom. The number of hydrogen-bond donors (Lipinski definition) is 1. The highest BCUT2D eigenvalue weighted by atomic mass is 35.5. The molecule has 1 aromatic rings. The van der Waals surface area contributed by atoms with Crippen molar-refractivity contribution in [2.75, 3.05) is 13.1 Å². The van der Waals surface area contributed by atoms with Gasteiger partial charge in [0, 0.05) is 19.5 Å². The fourth-order valence-electron chi connectivity index (χ4n) is 2.30. The lowest BCUT2D eigenvalue weighted by Gasteiger charge is -2.13. The fraction of sp³-hybridized carbons (Fsp3) is 0.438. The Morgan fingerprint density at radius 3 is 2.64 bits per heavy atom. The Labute approximate surface area is 134 Å². The number of hydrogen-bond acceptors (Lipinski definition) is 3. The van der Waals surface area contributed by atoms with E-state index in [0.29, 0.717) is 18.0 Å². The number of amides is 3. The number of carbonyl (C=O) groups is 3. The molecule has 1 N–H and O–H groups in total. The molecule has 22 heavy (non-hydrogen) atoms. The molecule has 1 aliphatic heterocycles. The zero-order chi connectivity index (χ0) is 16.3. The van der Waals surface area contributed by atoms with Crippen LogP contribution in [0.2, 0.25) is 5.02 Å². The van der Waals surface area contributed by atoms with Crippen LogP contribution < -0.4 is 5.32 Å². The largest absolute Gasteiger partial charge is 0.356 e. The van der Waals surface area contributed by atoms with Gasteiger partial charge in [-0.05, 0) is 24.5 Å². The first-order valence-corrected chi connectivity index (χ1v) is 7.71. The maximum absolute atomic E-state index is 12.2. The van der Waals surface area contributed by atoms with Gasteiger partial charge in [0.1, 0.15) is 0 Å². The highest BCUT2D eigenvalue weighted by Gasteiger charge is 2.36. The van der Waals surface area contributed by atoms with Crippen LogP contribution >= 0.6 is 11.6 Å². The molecule has 0 bridgehead atoms. The number of imide groups is 1. The minimum Gasteiger partial charge on any atom is -0.356 e. The molecule has 0 atom stereocenters. The zero-order valence-corrected chi connectivity index (χ0v) is 13.4. The molecule has 5 nitrogen and oxygen atoms in total. The van der Waals surface area contributed by atoms with Crippen LogP contribution in [0.5, 0.6) is 0 Å². The normalized spacial score (nSPS) is 13.7. The van der Waals surface area contributed by atoms with Crippen molar-refractivity contribution in [3.63, 3.8) is 0 Å². The first-order valence-electron chi connectivity index (χ1n) is 7.33. The van der Waals surface area contributed by atoms with Crippen molar-refractivity contribution >= 4 is 29.3 Å². The van der Waals surface area contributed by atoms with Gasteiger partial charge in [0.05, 0.1) is 16.1 Å². The lowest BCUT2D eigenvalue weighted by Crippen LogP contribution is -2.35. The third-order valence-corrected chi connectivity index (χ3v) is 3.87. The smallest absolute Gasteiger partial charge is 0.263 e. The summed E-state index contributed by atoms with van der Waals surface area (Å²) in [5.74, 6) is -0.472. The van der Waals surface area contributed by atoms with Gasteiger partial charge in [0.25, 0.3) is 11.8 Å². The molecule has 0 spiro atoms. The molecular weight excluding hydrogens is 304 g/mol. The molecule has 3 amide bonds. The summed E-state index contributed by atoms with van der Waals surface area (Å²) < 4.78 is 0. The Morgan fingerprint density at radius 1 is 1.27 bits per heavy atom. The molecule has 118 valence electrons. The van der Waals surface area contributed by atoms with Gasteiger partial charge in [-0.25, -0.2) is 0 Å². The van der Waals surface area contributed by atoms with Crippen LogP contribution in [0.15, 0.2) is 18.2 Å². The van der Waals surface area contributed by atoms with E-state index in [1.807, 2.05) is 0 Å². The SMILES string of the molecule is CC(C)CCNC(=O)CCN1C(=O)c2cccc(Cl)c2C1=O. The average molecular weight is 323 g/mol. The Balaban J connectivity index is 1.93. The molecule has 2 rings (SSSR count). The van der Waals surface area contributed by atoms with Gasteiger partial charge in [0.15, 0.2) is 0 Å². The van der Waals surface area contributed by atoms with E-state index in [0.717, 1.165) is 11.3 Å². The van der Waals surface area contributed by atoms with Gasteiger partial charge in [-0.2, -0.15) is 0 Å². The Kier molecular flexibility index (Phi) is 5.19. The summed E-state index contributed by atoms with van der Waals surface area (Å²) in [6.45, 7) is 4.82. The van der Waals surface area contributed by atoms with Crippen molar-refractivity contribution in [2.24, 2.45) is 5.92 Å². The van der Waals surface area contributed by atoms with Crippen LogP contribution in [0.1, 0.15) is 47.4 Å². The summed E-state index contributed by atoms with van der Waals surface area (Å²) in [6.07, 6.45) is 0.996. The first-order chi connectivity index (χ1) is 10.4. The van der Waals surface area contributed by atoms with E-state index in [1.165, 1.54) is 0 Å². The number of nitrogens with one attached hydrogen (secondary N) is 1. The number of benzene rings is 1. The quantitative estimate of drug-likeness (QED) is 0.818. The molecule has 6 heteroatoms. The summed E-state index contributed by atoms with van der Waals surface area (Å²) in [7, 11) is 0. The molecule has 0 fully saturated rings. The third-order valence-electron chi connectivity index (χ3n) is 3.55.